The van der Waals surface area contributed by atoms with Crippen LogP contribution in [0.2, 0.25) is 0 Å². The molecule has 7 heteroatoms. The van der Waals surface area contributed by atoms with E-state index in [0.29, 0.717) is 17.7 Å². The van der Waals surface area contributed by atoms with E-state index < -0.39 is 0 Å². The third-order valence-corrected chi connectivity index (χ3v) is 5.47. The van der Waals surface area contributed by atoms with Gasteiger partial charge in [0.05, 0.1) is 11.8 Å². The van der Waals surface area contributed by atoms with E-state index in [1.165, 1.54) is 17.3 Å². The van der Waals surface area contributed by atoms with Crippen LogP contribution in [-0.4, -0.2) is 37.9 Å². The average Bonchev–Trinajstić information content (AvgIpc) is 3.29. The first-order valence-corrected chi connectivity index (χ1v) is 9.05. The van der Waals surface area contributed by atoms with Crippen LogP contribution in [0.5, 0.6) is 0 Å². The van der Waals surface area contributed by atoms with Crippen LogP contribution in [-0.2, 0) is 4.79 Å². The summed E-state index contributed by atoms with van der Waals surface area (Å²) in [4.78, 5) is 12.2. The Morgan fingerprint density at radius 1 is 1.22 bits per heavy atom. The zero-order valence-electron chi connectivity index (χ0n) is 12.8. The summed E-state index contributed by atoms with van der Waals surface area (Å²) in [5, 5.41) is 15.6. The summed E-state index contributed by atoms with van der Waals surface area (Å²) in [7, 11) is 0. The average molecular weight is 329 g/mol. The maximum atomic E-state index is 12.2. The van der Waals surface area contributed by atoms with Crippen molar-refractivity contribution in [3.05, 3.63) is 35.9 Å². The van der Waals surface area contributed by atoms with Gasteiger partial charge >= 0.3 is 0 Å². The fraction of sp³-hybridized carbons (Fsp3) is 0.500. The van der Waals surface area contributed by atoms with Gasteiger partial charge in [-0.1, -0.05) is 42.1 Å². The minimum atomic E-state index is 0.0611. The third-order valence-electron chi connectivity index (χ3n) is 4.54. The monoisotopic (exact) mass is 329 g/mol. The van der Waals surface area contributed by atoms with Crippen molar-refractivity contribution < 1.29 is 4.79 Å². The second kappa shape index (κ2) is 6.31. The Morgan fingerprint density at radius 3 is 2.74 bits per heavy atom. The van der Waals surface area contributed by atoms with Crippen LogP contribution in [0.1, 0.15) is 43.2 Å². The Hall–Kier alpha value is -1.89. The van der Waals surface area contributed by atoms with Crippen molar-refractivity contribution in [2.75, 3.05) is 5.75 Å². The van der Waals surface area contributed by atoms with Crippen molar-refractivity contribution in [1.82, 2.24) is 25.5 Å². The molecule has 2 aliphatic rings. The first kappa shape index (κ1) is 14.7. The molecule has 1 aromatic carbocycles. The van der Waals surface area contributed by atoms with Gasteiger partial charge in [0, 0.05) is 12.0 Å². The molecular formula is C16H19N5OS. The summed E-state index contributed by atoms with van der Waals surface area (Å²) in [6.07, 6.45) is 4.45. The number of tetrazole rings is 1. The molecule has 0 bridgehead atoms. The van der Waals surface area contributed by atoms with Crippen molar-refractivity contribution in [2.45, 2.75) is 48.8 Å². The Kier molecular flexibility index (Phi) is 4.03. The van der Waals surface area contributed by atoms with E-state index in [9.17, 15) is 4.79 Å². The topological polar surface area (TPSA) is 72.7 Å². The summed E-state index contributed by atoms with van der Waals surface area (Å²) in [5.41, 5.74) is 1.31. The van der Waals surface area contributed by atoms with E-state index in [1.54, 1.807) is 0 Å². The molecule has 2 saturated carbocycles. The van der Waals surface area contributed by atoms with E-state index in [2.05, 4.69) is 45.1 Å². The minimum Gasteiger partial charge on any atom is -0.352 e. The molecule has 0 radical (unpaired) electrons. The molecule has 1 heterocycles. The highest BCUT2D eigenvalue weighted by molar-refractivity contribution is 7.99. The summed E-state index contributed by atoms with van der Waals surface area (Å²) < 4.78 is 1.84. The van der Waals surface area contributed by atoms with E-state index in [0.717, 1.165) is 30.8 Å². The normalized spacial score (nSPS) is 23.3. The number of amides is 1. The van der Waals surface area contributed by atoms with Gasteiger partial charge in [0.15, 0.2) is 0 Å². The molecule has 1 amide bonds. The summed E-state index contributed by atoms with van der Waals surface area (Å²) in [6.45, 7) is 0. The summed E-state index contributed by atoms with van der Waals surface area (Å²) in [6, 6.07) is 11.1. The van der Waals surface area contributed by atoms with Gasteiger partial charge in [-0.3, -0.25) is 4.79 Å². The molecule has 0 aliphatic heterocycles. The lowest BCUT2D eigenvalue weighted by Gasteiger charge is -2.37. The van der Waals surface area contributed by atoms with E-state index in [1.807, 2.05) is 10.7 Å². The number of thioether (sulfide) groups is 1. The predicted molar refractivity (Wildman–Crippen MR) is 87.2 cm³/mol. The van der Waals surface area contributed by atoms with Crippen LogP contribution in [0, 0.1) is 0 Å². The molecule has 0 saturated heterocycles. The van der Waals surface area contributed by atoms with Gasteiger partial charge in [0.1, 0.15) is 0 Å². The standard InChI is InChI=1S/C16H19N5OS/c22-15(10-23-16-18-19-20-21(16)12-6-7-12)17-14-9-8-13(14)11-4-2-1-3-5-11/h1-5,12-14H,6-10H2,(H,17,22)/t13-,14-/m0/s1. The molecule has 1 aromatic heterocycles. The summed E-state index contributed by atoms with van der Waals surface area (Å²) >= 11 is 1.42. The van der Waals surface area contributed by atoms with Crippen molar-refractivity contribution >= 4 is 17.7 Å². The van der Waals surface area contributed by atoms with Crippen LogP contribution >= 0.6 is 11.8 Å². The number of carbonyl (C=O) groups excluding carboxylic acids is 1. The van der Waals surface area contributed by atoms with Crippen LogP contribution < -0.4 is 5.32 Å². The van der Waals surface area contributed by atoms with Gasteiger partial charge in [-0.2, -0.15) is 0 Å². The molecule has 23 heavy (non-hydrogen) atoms. The zero-order valence-corrected chi connectivity index (χ0v) is 13.6. The number of nitrogens with zero attached hydrogens (tertiary/aromatic N) is 4. The lowest BCUT2D eigenvalue weighted by molar-refractivity contribution is -0.119. The number of rotatable bonds is 6. The molecule has 0 spiro atoms. The molecule has 2 aliphatic carbocycles. The Bertz CT molecular complexity index is 685. The lowest BCUT2D eigenvalue weighted by atomic mass is 9.75. The SMILES string of the molecule is O=C(CSc1nnnn1C1CC1)N[C@H]1CC[C@H]1c1ccccc1. The second-order valence-electron chi connectivity index (χ2n) is 6.19. The molecular weight excluding hydrogens is 310 g/mol. The number of hydrogen-bond donors (Lipinski definition) is 1. The van der Waals surface area contributed by atoms with Gasteiger partial charge in [-0.05, 0) is 41.7 Å². The molecule has 2 atom stereocenters. The van der Waals surface area contributed by atoms with Crippen LogP contribution in [0.25, 0.3) is 0 Å². The number of aromatic nitrogens is 4. The fourth-order valence-electron chi connectivity index (χ4n) is 2.98. The largest absolute Gasteiger partial charge is 0.352 e. The molecule has 2 fully saturated rings. The number of carbonyl (C=O) groups is 1. The van der Waals surface area contributed by atoms with Crippen molar-refractivity contribution in [2.24, 2.45) is 0 Å². The van der Waals surface area contributed by atoms with Gasteiger partial charge in [0.2, 0.25) is 11.1 Å². The number of benzene rings is 1. The van der Waals surface area contributed by atoms with E-state index >= 15 is 0 Å². The minimum absolute atomic E-state index is 0.0611. The number of hydrogen-bond acceptors (Lipinski definition) is 5. The highest BCUT2D eigenvalue weighted by atomic mass is 32.2. The van der Waals surface area contributed by atoms with Crippen molar-refractivity contribution in [3.63, 3.8) is 0 Å². The van der Waals surface area contributed by atoms with Gasteiger partial charge < -0.3 is 5.32 Å². The molecule has 2 aromatic rings. The zero-order chi connectivity index (χ0) is 15.6. The van der Waals surface area contributed by atoms with E-state index in [4.69, 9.17) is 0 Å². The molecule has 0 unspecified atom stereocenters. The Labute approximate surface area is 139 Å². The van der Waals surface area contributed by atoms with Gasteiger partial charge in [0.25, 0.3) is 0 Å². The van der Waals surface area contributed by atoms with Crippen LogP contribution in [0.3, 0.4) is 0 Å². The Balaban J connectivity index is 1.29. The van der Waals surface area contributed by atoms with Crippen LogP contribution in [0.15, 0.2) is 35.5 Å². The molecule has 6 nitrogen and oxygen atoms in total. The van der Waals surface area contributed by atoms with Gasteiger partial charge in [-0.25, -0.2) is 4.68 Å². The summed E-state index contributed by atoms with van der Waals surface area (Å²) in [5.74, 6) is 0.873. The van der Waals surface area contributed by atoms with Gasteiger partial charge in [-0.15, -0.1) is 5.10 Å². The molecule has 120 valence electrons. The smallest absolute Gasteiger partial charge is 0.230 e. The maximum absolute atomic E-state index is 12.2. The maximum Gasteiger partial charge on any atom is 0.230 e. The fourth-order valence-corrected chi connectivity index (χ4v) is 3.73. The quantitative estimate of drug-likeness (QED) is 0.822. The first-order chi connectivity index (χ1) is 11.3. The Morgan fingerprint density at radius 2 is 2.04 bits per heavy atom. The third kappa shape index (κ3) is 3.24. The number of nitrogens with one attached hydrogen (secondary N) is 1. The molecule has 1 N–H and O–H groups in total. The second-order valence-corrected chi connectivity index (χ2v) is 7.14. The van der Waals surface area contributed by atoms with Crippen LogP contribution in [0.4, 0.5) is 0 Å². The highest BCUT2D eigenvalue weighted by Gasteiger charge is 2.33. The lowest BCUT2D eigenvalue weighted by Crippen LogP contribution is -2.46. The van der Waals surface area contributed by atoms with E-state index in [-0.39, 0.29) is 11.9 Å². The highest BCUT2D eigenvalue weighted by Crippen LogP contribution is 2.37. The predicted octanol–water partition coefficient (Wildman–Crippen LogP) is 2.16. The molecule has 4 rings (SSSR count). The van der Waals surface area contributed by atoms with Crippen molar-refractivity contribution in [3.8, 4) is 0 Å². The van der Waals surface area contributed by atoms with Crippen molar-refractivity contribution in [1.29, 1.82) is 0 Å². The first-order valence-electron chi connectivity index (χ1n) is 8.06.